The lowest BCUT2D eigenvalue weighted by Crippen LogP contribution is -2.17. The number of carbonyl (C=O) groups excluding carboxylic acids is 1. The first kappa shape index (κ1) is 13.5. The van der Waals surface area contributed by atoms with Crippen molar-refractivity contribution >= 4 is 40.4 Å². The topological polar surface area (TPSA) is 68.0 Å². The highest BCUT2D eigenvalue weighted by atomic mass is 35.5. The second-order valence-corrected chi connectivity index (χ2v) is 4.57. The van der Waals surface area contributed by atoms with Crippen molar-refractivity contribution in [2.75, 3.05) is 5.32 Å². The Morgan fingerprint density at radius 3 is 2.68 bits per heavy atom. The van der Waals surface area contributed by atoms with Crippen LogP contribution in [0.2, 0.25) is 5.02 Å². The van der Waals surface area contributed by atoms with Crippen LogP contribution >= 0.6 is 23.8 Å². The zero-order valence-electron chi connectivity index (χ0n) is 9.76. The molecule has 1 heterocycles. The van der Waals surface area contributed by atoms with Gasteiger partial charge in [-0.2, -0.15) is 0 Å². The monoisotopic (exact) mass is 291 g/mol. The average molecular weight is 292 g/mol. The minimum atomic E-state index is -0.337. The zero-order chi connectivity index (χ0) is 13.8. The minimum Gasteiger partial charge on any atom is -0.389 e. The van der Waals surface area contributed by atoms with Crippen LogP contribution in [0.5, 0.6) is 0 Å². The molecule has 2 aromatic rings. The minimum absolute atomic E-state index is 0.219. The number of amides is 1. The van der Waals surface area contributed by atoms with Crippen LogP contribution in [-0.2, 0) is 0 Å². The number of aromatic nitrogens is 1. The summed E-state index contributed by atoms with van der Waals surface area (Å²) >= 11 is 10.8. The number of para-hydroxylation sites is 1. The van der Waals surface area contributed by atoms with Gasteiger partial charge >= 0.3 is 0 Å². The van der Waals surface area contributed by atoms with Crippen molar-refractivity contribution in [3.63, 3.8) is 0 Å². The highest BCUT2D eigenvalue weighted by molar-refractivity contribution is 7.80. The van der Waals surface area contributed by atoms with Gasteiger partial charge in [-0.05, 0) is 18.2 Å². The molecule has 0 saturated heterocycles. The first-order valence-electron chi connectivity index (χ1n) is 5.39. The molecule has 0 radical (unpaired) electrons. The van der Waals surface area contributed by atoms with Gasteiger partial charge in [0.25, 0.3) is 5.91 Å². The Balaban J connectivity index is 2.30. The number of nitrogens with one attached hydrogen (secondary N) is 1. The molecule has 6 heteroatoms. The molecule has 0 fully saturated rings. The summed E-state index contributed by atoms with van der Waals surface area (Å²) in [5.41, 5.74) is 7.10. The van der Waals surface area contributed by atoms with Crippen LogP contribution < -0.4 is 11.1 Å². The van der Waals surface area contributed by atoms with E-state index in [1.54, 1.807) is 30.3 Å². The Morgan fingerprint density at radius 2 is 2.00 bits per heavy atom. The lowest BCUT2D eigenvalue weighted by Gasteiger charge is -2.10. The van der Waals surface area contributed by atoms with Crippen LogP contribution in [0.1, 0.15) is 15.9 Å². The van der Waals surface area contributed by atoms with Gasteiger partial charge in [0.05, 0.1) is 16.3 Å². The van der Waals surface area contributed by atoms with Gasteiger partial charge in [-0.1, -0.05) is 36.0 Å². The van der Waals surface area contributed by atoms with Crippen LogP contribution in [-0.4, -0.2) is 15.9 Å². The quantitative estimate of drug-likeness (QED) is 0.853. The molecule has 4 nitrogen and oxygen atoms in total. The Hall–Kier alpha value is -1.98. The first-order chi connectivity index (χ1) is 9.09. The summed E-state index contributed by atoms with van der Waals surface area (Å²) in [4.78, 5) is 16.1. The maximum atomic E-state index is 12.1. The van der Waals surface area contributed by atoms with Crippen molar-refractivity contribution in [2.24, 2.45) is 5.73 Å². The van der Waals surface area contributed by atoms with Gasteiger partial charge in [0.2, 0.25) is 0 Å². The van der Waals surface area contributed by atoms with Crippen molar-refractivity contribution in [3.05, 3.63) is 58.9 Å². The lowest BCUT2D eigenvalue weighted by atomic mass is 10.1. The van der Waals surface area contributed by atoms with E-state index in [0.717, 1.165) is 0 Å². The largest absolute Gasteiger partial charge is 0.389 e. The molecule has 1 aromatic carbocycles. The summed E-state index contributed by atoms with van der Waals surface area (Å²) in [7, 11) is 0. The fourth-order valence-corrected chi connectivity index (χ4v) is 1.94. The Kier molecular flexibility index (Phi) is 4.09. The van der Waals surface area contributed by atoms with E-state index in [1.165, 1.54) is 12.4 Å². The number of nitrogens with two attached hydrogens (primary N) is 1. The number of anilines is 1. The van der Waals surface area contributed by atoms with Gasteiger partial charge in [0, 0.05) is 18.0 Å². The molecule has 0 spiro atoms. The normalized spacial score (nSPS) is 9.95. The number of rotatable bonds is 3. The van der Waals surface area contributed by atoms with E-state index in [4.69, 9.17) is 29.6 Å². The molecule has 1 aromatic heterocycles. The molecular weight excluding hydrogens is 282 g/mol. The smallest absolute Gasteiger partial charge is 0.257 e. The van der Waals surface area contributed by atoms with E-state index >= 15 is 0 Å². The van der Waals surface area contributed by atoms with Crippen LogP contribution in [0.4, 0.5) is 5.69 Å². The molecule has 0 aliphatic carbocycles. The molecule has 2 rings (SSSR count). The molecule has 0 saturated carbocycles. The Labute approximate surface area is 120 Å². The van der Waals surface area contributed by atoms with E-state index in [0.29, 0.717) is 16.8 Å². The number of nitrogens with zero attached hydrogens (tertiary/aromatic N) is 1. The van der Waals surface area contributed by atoms with E-state index in [1.807, 2.05) is 0 Å². The summed E-state index contributed by atoms with van der Waals surface area (Å²) in [5, 5.41) is 3.02. The van der Waals surface area contributed by atoms with Gasteiger partial charge in [0.15, 0.2) is 0 Å². The van der Waals surface area contributed by atoms with Crippen molar-refractivity contribution in [1.82, 2.24) is 4.98 Å². The molecule has 3 N–H and O–H groups in total. The number of hydrogen-bond donors (Lipinski definition) is 2. The highest BCUT2D eigenvalue weighted by Crippen LogP contribution is 2.19. The van der Waals surface area contributed by atoms with E-state index in [2.05, 4.69) is 10.3 Å². The fraction of sp³-hybridized carbons (Fsp3) is 0. The van der Waals surface area contributed by atoms with Gasteiger partial charge in [-0.25, -0.2) is 0 Å². The number of halogens is 1. The second kappa shape index (κ2) is 5.77. The molecular formula is C13H10ClN3OS. The highest BCUT2D eigenvalue weighted by Gasteiger charge is 2.12. The predicted octanol–water partition coefficient (Wildman–Crippen LogP) is 2.62. The second-order valence-electron chi connectivity index (χ2n) is 3.72. The van der Waals surface area contributed by atoms with Gasteiger partial charge in [0.1, 0.15) is 4.99 Å². The molecule has 1 amide bonds. The Bertz CT molecular complexity index is 645. The lowest BCUT2D eigenvalue weighted by molar-refractivity contribution is 0.102. The van der Waals surface area contributed by atoms with Gasteiger partial charge < -0.3 is 11.1 Å². The van der Waals surface area contributed by atoms with Crippen LogP contribution in [0.3, 0.4) is 0 Å². The maximum Gasteiger partial charge on any atom is 0.257 e. The fourth-order valence-electron chi connectivity index (χ4n) is 1.56. The molecule has 0 bridgehead atoms. The first-order valence-corrected chi connectivity index (χ1v) is 6.18. The third-order valence-corrected chi connectivity index (χ3v) is 2.98. The Morgan fingerprint density at radius 1 is 1.26 bits per heavy atom. The standard InChI is InChI=1S/C13H10ClN3OS/c14-10-7-16-6-5-8(10)13(18)17-11-4-2-1-3-9(11)12(15)19/h1-7H,(H2,15,19)(H,17,18). The number of hydrogen-bond acceptors (Lipinski definition) is 3. The number of pyridine rings is 1. The SMILES string of the molecule is NC(=S)c1ccccc1NC(=O)c1ccncc1Cl. The summed E-state index contributed by atoms with van der Waals surface area (Å²) in [6.45, 7) is 0. The van der Waals surface area contributed by atoms with Crippen LogP contribution in [0, 0.1) is 0 Å². The molecule has 19 heavy (non-hydrogen) atoms. The molecule has 0 atom stereocenters. The summed E-state index contributed by atoms with van der Waals surface area (Å²) in [6.07, 6.45) is 2.91. The van der Waals surface area contributed by atoms with Gasteiger partial charge in [-0.15, -0.1) is 0 Å². The van der Waals surface area contributed by atoms with Crippen molar-refractivity contribution in [3.8, 4) is 0 Å². The van der Waals surface area contributed by atoms with Crippen molar-refractivity contribution < 1.29 is 4.79 Å². The van der Waals surface area contributed by atoms with E-state index < -0.39 is 0 Å². The van der Waals surface area contributed by atoms with E-state index in [9.17, 15) is 4.79 Å². The van der Waals surface area contributed by atoms with E-state index in [-0.39, 0.29) is 15.9 Å². The molecule has 0 aliphatic rings. The summed E-state index contributed by atoms with van der Waals surface area (Å²) in [5.74, 6) is -0.337. The molecule has 96 valence electrons. The van der Waals surface area contributed by atoms with Crippen molar-refractivity contribution in [1.29, 1.82) is 0 Å². The molecule has 0 aliphatic heterocycles. The number of benzene rings is 1. The van der Waals surface area contributed by atoms with Gasteiger partial charge in [-0.3, -0.25) is 9.78 Å². The van der Waals surface area contributed by atoms with Crippen LogP contribution in [0.25, 0.3) is 0 Å². The summed E-state index contributed by atoms with van der Waals surface area (Å²) in [6, 6.07) is 8.59. The molecule has 0 unspecified atom stereocenters. The third kappa shape index (κ3) is 3.07. The van der Waals surface area contributed by atoms with Crippen molar-refractivity contribution in [2.45, 2.75) is 0 Å². The summed E-state index contributed by atoms with van der Waals surface area (Å²) < 4.78 is 0. The zero-order valence-corrected chi connectivity index (χ0v) is 11.3. The maximum absolute atomic E-state index is 12.1. The number of thiocarbonyl (C=S) groups is 1. The predicted molar refractivity (Wildman–Crippen MR) is 79.5 cm³/mol. The number of carbonyl (C=O) groups is 1. The average Bonchev–Trinajstić information content (AvgIpc) is 2.39. The third-order valence-electron chi connectivity index (χ3n) is 2.46. The van der Waals surface area contributed by atoms with Crippen LogP contribution in [0.15, 0.2) is 42.7 Å².